The van der Waals surface area contributed by atoms with Gasteiger partial charge in [-0.15, -0.1) is 0 Å². The zero-order chi connectivity index (χ0) is 18.0. The van der Waals surface area contributed by atoms with Crippen LogP contribution in [0.3, 0.4) is 0 Å². The molecule has 2 atom stereocenters. The van der Waals surface area contributed by atoms with Gasteiger partial charge >= 0.3 is 0 Å². The number of hydrogen-bond acceptors (Lipinski definition) is 6. The number of carbonyl (C=O) groups excluding carboxylic acids is 3. The van der Waals surface area contributed by atoms with E-state index < -0.39 is 11.5 Å². The van der Waals surface area contributed by atoms with E-state index in [0.717, 1.165) is 12.2 Å². The summed E-state index contributed by atoms with van der Waals surface area (Å²) in [4.78, 5) is 37.3. The van der Waals surface area contributed by atoms with E-state index >= 15 is 0 Å². The number of rotatable bonds is 6. The van der Waals surface area contributed by atoms with Gasteiger partial charge in [-0.25, -0.2) is 0 Å². The van der Waals surface area contributed by atoms with Gasteiger partial charge in [0.15, 0.2) is 5.78 Å². The van der Waals surface area contributed by atoms with Gasteiger partial charge in [-0.1, -0.05) is 12.1 Å². The second kappa shape index (κ2) is 7.17. The van der Waals surface area contributed by atoms with Crippen LogP contribution in [0.15, 0.2) is 24.3 Å². The van der Waals surface area contributed by atoms with E-state index in [1.54, 1.807) is 36.0 Å². The fraction of sp³-hybridized carbons (Fsp3) is 0.500. The summed E-state index contributed by atoms with van der Waals surface area (Å²) in [5.41, 5.74) is -0.0319. The Balaban J connectivity index is 1.57. The summed E-state index contributed by atoms with van der Waals surface area (Å²) in [6.45, 7) is 1.35. The maximum absolute atomic E-state index is 12.6. The second-order valence-corrected chi connectivity index (χ2v) is 7.72. The van der Waals surface area contributed by atoms with Crippen molar-refractivity contribution in [3.05, 3.63) is 29.8 Å². The molecule has 7 heteroatoms. The van der Waals surface area contributed by atoms with Crippen LogP contribution in [0.4, 0.5) is 0 Å². The number of Topliss-reactive ketones (excluding diaryl/α,β-unsaturated/α-hetero) is 1. The van der Waals surface area contributed by atoms with Gasteiger partial charge in [0, 0.05) is 17.7 Å². The summed E-state index contributed by atoms with van der Waals surface area (Å²) in [6, 6.07) is 6.68. The highest BCUT2D eigenvalue weighted by molar-refractivity contribution is 7.99. The van der Waals surface area contributed by atoms with Crippen LogP contribution < -0.4 is 4.74 Å². The van der Waals surface area contributed by atoms with Crippen LogP contribution in [0.25, 0.3) is 0 Å². The Morgan fingerprint density at radius 2 is 2.24 bits per heavy atom. The molecule has 25 heavy (non-hydrogen) atoms. The quantitative estimate of drug-likeness (QED) is 0.609. The van der Waals surface area contributed by atoms with Crippen LogP contribution in [-0.2, 0) is 9.59 Å². The second-order valence-electron chi connectivity index (χ2n) is 6.62. The maximum atomic E-state index is 12.6. The molecule has 6 nitrogen and oxygen atoms in total. The third-order valence-corrected chi connectivity index (χ3v) is 5.92. The van der Waals surface area contributed by atoms with Crippen LogP contribution in [0.2, 0.25) is 0 Å². The summed E-state index contributed by atoms with van der Waals surface area (Å²) in [5, 5.41) is 10.2. The Hall–Kier alpha value is -1.86. The number of aliphatic hydroxyl groups excluding tert-OH is 1. The van der Waals surface area contributed by atoms with Gasteiger partial charge in [0.2, 0.25) is 11.8 Å². The molecule has 0 unspecified atom stereocenters. The first kappa shape index (κ1) is 17.9. The highest BCUT2D eigenvalue weighted by Gasteiger charge is 2.53. The lowest BCUT2D eigenvalue weighted by molar-refractivity contribution is -0.142. The highest BCUT2D eigenvalue weighted by Crippen LogP contribution is 2.44. The molecular formula is C18H21NO5S. The number of nitrogens with zero attached hydrogens (tertiary/aromatic N) is 1. The largest absolute Gasteiger partial charge is 0.491 e. The van der Waals surface area contributed by atoms with E-state index in [-0.39, 0.29) is 37.2 Å². The molecule has 3 rings (SSSR count). The van der Waals surface area contributed by atoms with Crippen molar-refractivity contribution in [2.24, 2.45) is 5.41 Å². The van der Waals surface area contributed by atoms with Gasteiger partial charge in [0.05, 0.1) is 12.0 Å². The number of ether oxygens (including phenoxy) is 1. The van der Waals surface area contributed by atoms with Gasteiger partial charge < -0.3 is 9.84 Å². The number of thioether (sulfide) groups is 1. The summed E-state index contributed by atoms with van der Waals surface area (Å²) >= 11 is 1.69. The van der Waals surface area contributed by atoms with Crippen molar-refractivity contribution in [2.45, 2.75) is 25.9 Å². The first-order valence-electron chi connectivity index (χ1n) is 8.26. The fourth-order valence-electron chi connectivity index (χ4n) is 3.22. The Kier molecular flexibility index (Phi) is 5.15. The predicted octanol–water partition coefficient (Wildman–Crippen LogP) is 1.51. The molecule has 2 heterocycles. The van der Waals surface area contributed by atoms with Crippen LogP contribution in [0.5, 0.6) is 5.75 Å². The van der Waals surface area contributed by atoms with Crippen molar-refractivity contribution in [1.29, 1.82) is 0 Å². The molecule has 134 valence electrons. The molecule has 2 aliphatic heterocycles. The lowest BCUT2D eigenvalue weighted by atomic mass is 9.86. The van der Waals surface area contributed by atoms with Crippen molar-refractivity contribution in [3.8, 4) is 5.75 Å². The molecule has 2 saturated heterocycles. The molecule has 0 saturated carbocycles. The van der Waals surface area contributed by atoms with Gasteiger partial charge in [0.25, 0.3) is 0 Å². The summed E-state index contributed by atoms with van der Waals surface area (Å²) < 4.78 is 5.50. The summed E-state index contributed by atoms with van der Waals surface area (Å²) in [7, 11) is 0. The molecule has 0 aromatic heterocycles. The molecule has 0 aliphatic carbocycles. The van der Waals surface area contributed by atoms with Crippen molar-refractivity contribution >= 4 is 29.4 Å². The van der Waals surface area contributed by atoms with Crippen LogP contribution in [-0.4, -0.2) is 58.4 Å². The Labute approximate surface area is 150 Å². The SMILES string of the molecule is CC(=O)c1cccc(OC[C@H](O)CN2C(=O)C[C@]3(CCSC3)C2=O)c1. The van der Waals surface area contributed by atoms with E-state index in [1.165, 1.54) is 11.8 Å². The van der Waals surface area contributed by atoms with Crippen molar-refractivity contribution in [2.75, 3.05) is 24.7 Å². The molecule has 1 N–H and O–H groups in total. The van der Waals surface area contributed by atoms with Crippen molar-refractivity contribution < 1.29 is 24.2 Å². The van der Waals surface area contributed by atoms with E-state index in [4.69, 9.17) is 4.74 Å². The zero-order valence-corrected chi connectivity index (χ0v) is 14.9. The molecule has 1 aromatic carbocycles. The van der Waals surface area contributed by atoms with Crippen molar-refractivity contribution in [3.63, 3.8) is 0 Å². The topological polar surface area (TPSA) is 83.9 Å². The normalized spacial score (nSPS) is 24.2. The minimum absolute atomic E-state index is 0.0554. The molecule has 1 aromatic rings. The van der Waals surface area contributed by atoms with Gasteiger partial charge in [-0.05, 0) is 31.2 Å². The minimum Gasteiger partial charge on any atom is -0.491 e. The zero-order valence-electron chi connectivity index (χ0n) is 14.1. The molecule has 2 aliphatic rings. The molecule has 2 amide bonds. The van der Waals surface area contributed by atoms with Crippen LogP contribution in [0.1, 0.15) is 30.1 Å². The molecule has 1 spiro atoms. The molecular weight excluding hydrogens is 342 g/mol. The monoisotopic (exact) mass is 363 g/mol. The average molecular weight is 363 g/mol. The third kappa shape index (κ3) is 3.72. The van der Waals surface area contributed by atoms with Crippen LogP contribution >= 0.6 is 11.8 Å². The van der Waals surface area contributed by atoms with Gasteiger partial charge in [-0.3, -0.25) is 19.3 Å². The number of carbonyl (C=O) groups is 3. The minimum atomic E-state index is -0.974. The number of aliphatic hydroxyl groups is 1. The number of benzene rings is 1. The molecule has 2 fully saturated rings. The Bertz CT molecular complexity index is 698. The lowest BCUT2D eigenvalue weighted by Crippen LogP contribution is -2.41. The maximum Gasteiger partial charge on any atom is 0.236 e. The third-order valence-electron chi connectivity index (χ3n) is 4.67. The lowest BCUT2D eigenvalue weighted by Gasteiger charge is -2.22. The molecule has 0 radical (unpaired) electrons. The van der Waals surface area contributed by atoms with Crippen molar-refractivity contribution in [1.82, 2.24) is 4.90 Å². The number of β-amino-alcohol motifs (C(OH)–C–C–N with tert-alkyl or cyclic N) is 1. The summed E-state index contributed by atoms with van der Waals surface area (Å²) in [5.74, 6) is 1.59. The molecule has 0 bridgehead atoms. The highest BCUT2D eigenvalue weighted by atomic mass is 32.2. The summed E-state index contributed by atoms with van der Waals surface area (Å²) in [6.07, 6.45) is -0.00550. The number of likely N-dealkylation sites (tertiary alicyclic amines) is 1. The Morgan fingerprint density at radius 3 is 2.92 bits per heavy atom. The number of hydrogen-bond donors (Lipinski definition) is 1. The number of amides is 2. The van der Waals surface area contributed by atoms with E-state index in [0.29, 0.717) is 17.1 Å². The van der Waals surface area contributed by atoms with E-state index in [2.05, 4.69) is 0 Å². The van der Waals surface area contributed by atoms with Gasteiger partial charge in [0.1, 0.15) is 18.5 Å². The van der Waals surface area contributed by atoms with E-state index in [1.807, 2.05) is 0 Å². The van der Waals surface area contributed by atoms with Crippen LogP contribution in [0, 0.1) is 5.41 Å². The fourth-order valence-corrected chi connectivity index (χ4v) is 4.66. The predicted molar refractivity (Wildman–Crippen MR) is 93.7 cm³/mol. The Morgan fingerprint density at radius 1 is 1.44 bits per heavy atom. The standard InChI is InChI=1S/C18H21NO5S/c1-12(20)13-3-2-4-15(7-13)24-10-14(21)9-19-16(22)8-18(17(19)23)5-6-25-11-18/h2-4,7,14,21H,5-6,8-11H2,1H3/t14-,18+/m1/s1. The number of ketones is 1. The number of imide groups is 1. The average Bonchev–Trinajstić information content (AvgIpc) is 3.14. The smallest absolute Gasteiger partial charge is 0.236 e. The first-order valence-corrected chi connectivity index (χ1v) is 9.41. The first-order chi connectivity index (χ1) is 11.9. The van der Waals surface area contributed by atoms with Gasteiger partial charge in [-0.2, -0.15) is 11.8 Å². The van der Waals surface area contributed by atoms with E-state index in [9.17, 15) is 19.5 Å².